The van der Waals surface area contributed by atoms with Crippen LogP contribution in [0.25, 0.3) is 10.9 Å². The molecule has 1 aliphatic heterocycles. The molecule has 9 heteroatoms. The maximum absolute atomic E-state index is 12.4. The number of carbonyl (C=O) groups excluding carboxylic acids is 3. The van der Waals surface area contributed by atoms with Crippen LogP contribution in [0.4, 0.5) is 5.69 Å². The number of hydrogen-bond acceptors (Lipinski definition) is 6. The SMILES string of the molecule is CN(CCCNC(=O)CN1C(=O)c2ccccc2C1=O)CCCNc1c2c(nc3ccc(Cl)cc13)CCCC2. The van der Waals surface area contributed by atoms with Crippen molar-refractivity contribution < 1.29 is 14.4 Å². The Bertz CT molecular complexity index is 1370. The van der Waals surface area contributed by atoms with Crippen molar-refractivity contribution in [2.45, 2.75) is 38.5 Å². The van der Waals surface area contributed by atoms with Crippen LogP contribution in [0.2, 0.25) is 5.02 Å². The van der Waals surface area contributed by atoms with Gasteiger partial charge in [0.1, 0.15) is 6.54 Å². The summed E-state index contributed by atoms with van der Waals surface area (Å²) in [5, 5.41) is 8.33. The van der Waals surface area contributed by atoms with Crippen LogP contribution in [0.5, 0.6) is 0 Å². The van der Waals surface area contributed by atoms with Crippen molar-refractivity contribution in [1.82, 2.24) is 20.1 Å². The van der Waals surface area contributed by atoms with Gasteiger partial charge in [-0.05, 0) is 94.6 Å². The molecule has 5 rings (SSSR count). The zero-order chi connectivity index (χ0) is 27.4. The highest BCUT2D eigenvalue weighted by Gasteiger charge is 2.36. The number of pyridine rings is 1. The number of fused-ring (bicyclic) bond motifs is 3. The molecule has 0 spiro atoms. The summed E-state index contributed by atoms with van der Waals surface area (Å²) in [6.07, 6.45) is 6.20. The summed E-state index contributed by atoms with van der Waals surface area (Å²) in [5.74, 6) is -1.16. The van der Waals surface area contributed by atoms with Crippen LogP contribution < -0.4 is 10.6 Å². The molecular formula is C30H34ClN5O3. The Kier molecular flexibility index (Phi) is 8.43. The van der Waals surface area contributed by atoms with Gasteiger partial charge in [0.15, 0.2) is 0 Å². The first-order valence-corrected chi connectivity index (χ1v) is 14.1. The van der Waals surface area contributed by atoms with Crippen molar-refractivity contribution in [3.63, 3.8) is 0 Å². The summed E-state index contributed by atoms with van der Waals surface area (Å²) >= 11 is 6.31. The highest BCUT2D eigenvalue weighted by Crippen LogP contribution is 2.34. The molecule has 0 unspecified atom stereocenters. The van der Waals surface area contributed by atoms with E-state index in [4.69, 9.17) is 16.6 Å². The van der Waals surface area contributed by atoms with Crippen molar-refractivity contribution in [1.29, 1.82) is 0 Å². The number of halogens is 1. The molecule has 0 saturated heterocycles. The lowest BCUT2D eigenvalue weighted by Crippen LogP contribution is -2.41. The number of aryl methyl sites for hydroxylation is 1. The minimum atomic E-state index is -0.414. The second-order valence-corrected chi connectivity index (χ2v) is 10.7. The van der Waals surface area contributed by atoms with Gasteiger partial charge in [0.05, 0.1) is 16.6 Å². The van der Waals surface area contributed by atoms with Crippen molar-refractivity contribution in [2.24, 2.45) is 0 Å². The molecule has 1 aliphatic carbocycles. The molecular weight excluding hydrogens is 514 g/mol. The topological polar surface area (TPSA) is 94.6 Å². The van der Waals surface area contributed by atoms with Gasteiger partial charge in [-0.2, -0.15) is 0 Å². The second kappa shape index (κ2) is 12.1. The predicted octanol–water partition coefficient (Wildman–Crippen LogP) is 4.30. The molecule has 0 saturated carbocycles. The normalized spacial score (nSPS) is 14.6. The average molecular weight is 548 g/mol. The number of anilines is 1. The number of nitrogens with one attached hydrogen (secondary N) is 2. The molecule has 2 aliphatic rings. The Morgan fingerprint density at radius 2 is 1.69 bits per heavy atom. The number of aromatic nitrogens is 1. The van der Waals surface area contributed by atoms with E-state index in [1.807, 2.05) is 18.2 Å². The Labute approximate surface area is 233 Å². The van der Waals surface area contributed by atoms with E-state index < -0.39 is 11.8 Å². The number of amides is 3. The number of imide groups is 1. The van der Waals surface area contributed by atoms with Gasteiger partial charge in [-0.25, -0.2) is 0 Å². The minimum absolute atomic E-state index is 0.257. The lowest BCUT2D eigenvalue weighted by atomic mass is 9.92. The van der Waals surface area contributed by atoms with Gasteiger partial charge < -0.3 is 15.5 Å². The van der Waals surface area contributed by atoms with Gasteiger partial charge in [-0.1, -0.05) is 23.7 Å². The maximum atomic E-state index is 12.4. The largest absolute Gasteiger partial charge is 0.384 e. The van der Waals surface area contributed by atoms with Gasteiger partial charge in [0.2, 0.25) is 5.91 Å². The van der Waals surface area contributed by atoms with Gasteiger partial charge >= 0.3 is 0 Å². The summed E-state index contributed by atoms with van der Waals surface area (Å²) in [7, 11) is 2.07. The number of hydrogen-bond donors (Lipinski definition) is 2. The monoisotopic (exact) mass is 547 g/mol. The lowest BCUT2D eigenvalue weighted by molar-refractivity contribution is -0.121. The number of benzene rings is 2. The summed E-state index contributed by atoms with van der Waals surface area (Å²) in [4.78, 5) is 45.4. The number of nitrogens with zero attached hydrogens (tertiary/aromatic N) is 3. The molecule has 39 heavy (non-hydrogen) atoms. The Morgan fingerprint density at radius 1 is 1.00 bits per heavy atom. The molecule has 0 bridgehead atoms. The van der Waals surface area contributed by atoms with Crippen molar-refractivity contribution in [2.75, 3.05) is 45.1 Å². The van der Waals surface area contributed by atoms with E-state index in [2.05, 4.69) is 22.6 Å². The molecule has 8 nitrogen and oxygen atoms in total. The van der Waals surface area contributed by atoms with Crippen LogP contribution in [0.1, 0.15) is 57.7 Å². The smallest absolute Gasteiger partial charge is 0.262 e. The summed E-state index contributed by atoms with van der Waals surface area (Å²) < 4.78 is 0. The third kappa shape index (κ3) is 6.07. The third-order valence-electron chi connectivity index (χ3n) is 7.46. The molecule has 0 fully saturated rings. The van der Waals surface area contributed by atoms with Crippen molar-refractivity contribution in [3.05, 3.63) is 69.9 Å². The Hall–Kier alpha value is -3.49. The predicted molar refractivity (Wildman–Crippen MR) is 153 cm³/mol. The van der Waals surface area contributed by atoms with Crippen molar-refractivity contribution in [3.8, 4) is 0 Å². The quantitative estimate of drug-likeness (QED) is 0.274. The third-order valence-corrected chi connectivity index (χ3v) is 7.70. The van der Waals surface area contributed by atoms with Crippen LogP contribution in [0, 0.1) is 0 Å². The van der Waals surface area contributed by atoms with Crippen LogP contribution in [0.15, 0.2) is 42.5 Å². The molecule has 3 aromatic rings. The molecule has 0 atom stereocenters. The van der Waals surface area contributed by atoms with Crippen LogP contribution in [0.3, 0.4) is 0 Å². The number of rotatable bonds is 11. The molecule has 3 amide bonds. The first-order chi connectivity index (χ1) is 18.9. The maximum Gasteiger partial charge on any atom is 0.262 e. The van der Waals surface area contributed by atoms with Crippen LogP contribution in [-0.4, -0.2) is 72.3 Å². The highest BCUT2D eigenvalue weighted by atomic mass is 35.5. The fourth-order valence-electron chi connectivity index (χ4n) is 5.43. The Morgan fingerprint density at radius 3 is 2.44 bits per heavy atom. The van der Waals surface area contributed by atoms with E-state index in [1.165, 1.54) is 29.8 Å². The van der Waals surface area contributed by atoms with E-state index in [1.54, 1.807) is 24.3 Å². The van der Waals surface area contributed by atoms with Crippen LogP contribution >= 0.6 is 11.6 Å². The van der Waals surface area contributed by atoms with Gasteiger partial charge in [-0.3, -0.25) is 24.3 Å². The number of carbonyl (C=O) groups is 3. The molecule has 2 N–H and O–H groups in total. The average Bonchev–Trinajstić information content (AvgIpc) is 3.18. The van der Waals surface area contributed by atoms with E-state index in [0.29, 0.717) is 17.7 Å². The standard InChI is InChI=1S/C30H34ClN5O3/c1-35(16-6-14-32-27(37)19-36-29(38)21-8-2-3-9-22(21)30(36)39)17-7-15-33-28-23-10-4-5-11-25(23)34-26-13-12-20(31)18-24(26)28/h2-3,8-9,12-13,18H,4-7,10-11,14-17,19H2,1H3,(H,32,37)(H,33,34). The summed E-state index contributed by atoms with van der Waals surface area (Å²) in [6, 6.07) is 12.6. The highest BCUT2D eigenvalue weighted by molar-refractivity contribution is 6.31. The molecule has 2 heterocycles. The summed E-state index contributed by atoms with van der Waals surface area (Å²) in [5.41, 5.74) is 5.42. The zero-order valence-corrected chi connectivity index (χ0v) is 23.0. The molecule has 204 valence electrons. The van der Waals surface area contributed by atoms with Crippen molar-refractivity contribution >= 4 is 45.9 Å². The van der Waals surface area contributed by atoms with Gasteiger partial charge in [0.25, 0.3) is 11.8 Å². The van der Waals surface area contributed by atoms with E-state index in [0.717, 1.165) is 66.1 Å². The Balaban J connectivity index is 1.03. The van der Waals surface area contributed by atoms with Gasteiger partial charge in [0, 0.05) is 34.9 Å². The fourth-order valence-corrected chi connectivity index (χ4v) is 5.60. The molecule has 2 aromatic carbocycles. The van der Waals surface area contributed by atoms with E-state index in [9.17, 15) is 14.4 Å². The molecule has 1 aromatic heterocycles. The summed E-state index contributed by atoms with van der Waals surface area (Å²) in [6.45, 7) is 2.82. The minimum Gasteiger partial charge on any atom is -0.384 e. The lowest BCUT2D eigenvalue weighted by Gasteiger charge is -2.22. The second-order valence-electron chi connectivity index (χ2n) is 10.3. The van der Waals surface area contributed by atoms with E-state index >= 15 is 0 Å². The zero-order valence-electron chi connectivity index (χ0n) is 22.3. The van der Waals surface area contributed by atoms with E-state index in [-0.39, 0.29) is 12.5 Å². The first kappa shape index (κ1) is 27.1. The first-order valence-electron chi connectivity index (χ1n) is 13.7. The van der Waals surface area contributed by atoms with Crippen LogP contribution in [-0.2, 0) is 17.6 Å². The fraction of sp³-hybridized carbons (Fsp3) is 0.400. The molecule has 0 radical (unpaired) electrons. The van der Waals surface area contributed by atoms with Gasteiger partial charge in [-0.15, -0.1) is 0 Å².